The fraction of sp³-hybridized carbons (Fsp3) is 0.520. The monoisotopic (exact) mass is 519 g/mol. The van der Waals surface area contributed by atoms with Gasteiger partial charge in [0.25, 0.3) is 5.56 Å². The summed E-state index contributed by atoms with van der Waals surface area (Å²) in [6.07, 6.45) is 2.95. The number of halogens is 2. The fourth-order valence-corrected chi connectivity index (χ4v) is 4.75. The highest BCUT2D eigenvalue weighted by Crippen LogP contribution is 2.27. The average Bonchev–Trinajstić information content (AvgIpc) is 3.18. The molecule has 11 heteroatoms. The number of anilines is 1. The van der Waals surface area contributed by atoms with Crippen LogP contribution in [0.1, 0.15) is 52.5 Å². The molecule has 1 aromatic carbocycles. The summed E-state index contributed by atoms with van der Waals surface area (Å²) >= 11 is 6.33. The van der Waals surface area contributed by atoms with Gasteiger partial charge < -0.3 is 9.64 Å². The molecule has 0 unspecified atom stereocenters. The van der Waals surface area contributed by atoms with Gasteiger partial charge in [0.1, 0.15) is 18.0 Å². The Morgan fingerprint density at radius 2 is 1.81 bits per heavy atom. The number of hydrogen-bond acceptors (Lipinski definition) is 6. The summed E-state index contributed by atoms with van der Waals surface area (Å²) in [4.78, 5) is 46.3. The highest BCUT2D eigenvalue weighted by atomic mass is 35.5. The zero-order chi connectivity index (χ0) is 26.2. The third-order valence-corrected chi connectivity index (χ3v) is 6.49. The molecule has 4 rings (SSSR count). The molecule has 1 fully saturated rings. The molecule has 0 N–H and O–H groups in total. The van der Waals surface area contributed by atoms with Crippen molar-refractivity contribution in [1.29, 1.82) is 0 Å². The van der Waals surface area contributed by atoms with Gasteiger partial charge in [0, 0.05) is 30.2 Å². The first-order chi connectivity index (χ1) is 17.0. The summed E-state index contributed by atoms with van der Waals surface area (Å²) in [5, 5.41) is 0.222. The predicted molar refractivity (Wildman–Crippen MR) is 136 cm³/mol. The molecule has 0 atom stereocenters. The molecule has 0 saturated carbocycles. The second-order valence-electron chi connectivity index (χ2n) is 9.92. The molecule has 194 valence electrons. The van der Waals surface area contributed by atoms with E-state index in [1.54, 1.807) is 38.3 Å². The number of rotatable bonds is 6. The molecular formula is C25H31ClFN5O4. The van der Waals surface area contributed by atoms with E-state index in [1.165, 1.54) is 16.7 Å². The zero-order valence-corrected chi connectivity index (χ0v) is 21.8. The number of hydrogen-bond donors (Lipinski definition) is 0. The third kappa shape index (κ3) is 5.04. The molecule has 3 heterocycles. The lowest BCUT2D eigenvalue weighted by Crippen LogP contribution is -2.42. The highest BCUT2D eigenvalue weighted by molar-refractivity contribution is 6.31. The first kappa shape index (κ1) is 25.9. The minimum atomic E-state index is -0.751. The van der Waals surface area contributed by atoms with E-state index >= 15 is 0 Å². The van der Waals surface area contributed by atoms with Crippen LogP contribution in [-0.4, -0.2) is 43.3 Å². The molecule has 0 amide bonds. The largest absolute Gasteiger partial charge is 0.459 e. The van der Waals surface area contributed by atoms with E-state index in [2.05, 4.69) is 0 Å². The lowest BCUT2D eigenvalue weighted by molar-refractivity contribution is -0.155. The molecule has 3 aromatic rings. The van der Waals surface area contributed by atoms with Crippen LogP contribution >= 0.6 is 11.6 Å². The Morgan fingerprint density at radius 3 is 2.42 bits per heavy atom. The van der Waals surface area contributed by atoms with Gasteiger partial charge in [0.05, 0.1) is 6.54 Å². The van der Waals surface area contributed by atoms with Gasteiger partial charge in [-0.1, -0.05) is 17.7 Å². The Bertz CT molecular complexity index is 1390. The number of carbonyl (C=O) groups is 1. The van der Waals surface area contributed by atoms with Gasteiger partial charge in [0.15, 0.2) is 11.2 Å². The van der Waals surface area contributed by atoms with Crippen molar-refractivity contribution in [2.45, 2.75) is 72.2 Å². The van der Waals surface area contributed by atoms with Crippen molar-refractivity contribution < 1.29 is 13.9 Å². The van der Waals surface area contributed by atoms with Crippen LogP contribution in [-0.2, 0) is 29.2 Å². The smallest absolute Gasteiger partial charge is 0.333 e. The van der Waals surface area contributed by atoms with Gasteiger partial charge in [-0.05, 0) is 59.1 Å². The molecule has 9 nitrogen and oxygen atoms in total. The molecule has 0 spiro atoms. The van der Waals surface area contributed by atoms with Gasteiger partial charge in [-0.15, -0.1) is 0 Å². The summed E-state index contributed by atoms with van der Waals surface area (Å²) in [6, 6.07) is 4.41. The fourth-order valence-electron chi connectivity index (χ4n) is 4.53. The Morgan fingerprint density at radius 1 is 1.11 bits per heavy atom. The number of esters is 1. The first-order valence-electron chi connectivity index (χ1n) is 12.2. The van der Waals surface area contributed by atoms with Crippen molar-refractivity contribution in [2.24, 2.45) is 0 Å². The number of imidazole rings is 1. The average molecular weight is 520 g/mol. The highest BCUT2D eigenvalue weighted by Gasteiger charge is 2.28. The van der Waals surface area contributed by atoms with E-state index in [-0.39, 0.29) is 34.8 Å². The first-order valence-corrected chi connectivity index (χ1v) is 12.5. The summed E-state index contributed by atoms with van der Waals surface area (Å²) < 4.78 is 24.1. The van der Waals surface area contributed by atoms with E-state index in [0.29, 0.717) is 19.0 Å². The SMILES string of the molecule is CCn1c(=O)c2c(nc(N3CCCCC3)n2Cc2c(F)cccc2Cl)n(CC(=O)OC(C)(C)C)c1=O. The van der Waals surface area contributed by atoms with Crippen LogP contribution in [0.2, 0.25) is 5.02 Å². The van der Waals surface area contributed by atoms with E-state index in [9.17, 15) is 18.8 Å². The Kier molecular flexibility index (Phi) is 7.26. The normalized spacial score (nSPS) is 14.4. The zero-order valence-electron chi connectivity index (χ0n) is 21.0. The van der Waals surface area contributed by atoms with E-state index in [0.717, 1.165) is 23.8 Å². The van der Waals surface area contributed by atoms with Crippen LogP contribution in [0.3, 0.4) is 0 Å². The summed E-state index contributed by atoms with van der Waals surface area (Å²) in [5.41, 5.74) is -1.57. The van der Waals surface area contributed by atoms with Crippen LogP contribution in [0.25, 0.3) is 11.2 Å². The Hall–Kier alpha value is -3.14. The maximum Gasteiger partial charge on any atom is 0.333 e. The number of aromatic nitrogens is 4. The van der Waals surface area contributed by atoms with Gasteiger partial charge in [-0.3, -0.25) is 23.3 Å². The van der Waals surface area contributed by atoms with Crippen molar-refractivity contribution in [3.63, 3.8) is 0 Å². The summed E-state index contributed by atoms with van der Waals surface area (Å²) in [5.74, 6) is -0.697. The molecule has 1 saturated heterocycles. The van der Waals surface area contributed by atoms with Crippen molar-refractivity contribution in [1.82, 2.24) is 18.7 Å². The van der Waals surface area contributed by atoms with Gasteiger partial charge in [-0.25, -0.2) is 9.18 Å². The number of benzene rings is 1. The molecule has 36 heavy (non-hydrogen) atoms. The van der Waals surface area contributed by atoms with Crippen LogP contribution in [0.5, 0.6) is 0 Å². The molecule has 1 aliphatic heterocycles. The maximum atomic E-state index is 14.8. The molecule has 1 aliphatic rings. The number of piperidine rings is 1. The number of nitrogens with zero attached hydrogens (tertiary/aromatic N) is 5. The third-order valence-electron chi connectivity index (χ3n) is 6.13. The maximum absolute atomic E-state index is 14.8. The minimum Gasteiger partial charge on any atom is -0.459 e. The summed E-state index contributed by atoms with van der Waals surface area (Å²) in [7, 11) is 0. The lowest BCUT2D eigenvalue weighted by Gasteiger charge is -2.28. The minimum absolute atomic E-state index is 0.0581. The van der Waals surface area contributed by atoms with Crippen LogP contribution in [0.4, 0.5) is 10.3 Å². The molecule has 0 radical (unpaired) electrons. The molecular weight excluding hydrogens is 489 g/mol. The van der Waals surface area contributed by atoms with E-state index in [1.807, 2.05) is 4.90 Å². The topological polar surface area (TPSA) is 91.4 Å². The Balaban J connectivity index is 1.98. The Labute approximate surface area is 213 Å². The second kappa shape index (κ2) is 10.1. The van der Waals surface area contributed by atoms with E-state index in [4.69, 9.17) is 21.3 Å². The van der Waals surface area contributed by atoms with Crippen molar-refractivity contribution in [2.75, 3.05) is 18.0 Å². The van der Waals surface area contributed by atoms with Gasteiger partial charge >= 0.3 is 11.7 Å². The second-order valence-corrected chi connectivity index (χ2v) is 10.3. The molecule has 0 bridgehead atoms. The van der Waals surface area contributed by atoms with Gasteiger partial charge in [0.2, 0.25) is 5.95 Å². The standard InChI is InChI=1S/C25H31ClFN5O4/c1-5-30-22(34)20-21(32(24(30)35)15-19(33)36-25(2,3)4)28-23(29-12-7-6-8-13-29)31(20)14-16-17(26)10-9-11-18(16)27/h9-11H,5-8,12-15H2,1-4H3. The lowest BCUT2D eigenvalue weighted by atomic mass is 10.1. The number of carbonyl (C=O) groups excluding carboxylic acids is 1. The van der Waals surface area contributed by atoms with Crippen LogP contribution < -0.4 is 16.1 Å². The molecule has 0 aliphatic carbocycles. The van der Waals surface area contributed by atoms with Crippen LogP contribution in [0, 0.1) is 5.82 Å². The van der Waals surface area contributed by atoms with E-state index < -0.39 is 35.2 Å². The van der Waals surface area contributed by atoms with Crippen molar-refractivity contribution in [3.8, 4) is 0 Å². The van der Waals surface area contributed by atoms with Crippen molar-refractivity contribution in [3.05, 3.63) is 55.4 Å². The quantitative estimate of drug-likeness (QED) is 0.462. The summed E-state index contributed by atoms with van der Waals surface area (Å²) in [6.45, 7) is 7.89. The predicted octanol–water partition coefficient (Wildman–Crippen LogP) is 3.55. The molecule has 2 aromatic heterocycles. The number of ether oxygens (including phenoxy) is 1. The van der Waals surface area contributed by atoms with Crippen molar-refractivity contribution >= 4 is 34.7 Å². The van der Waals surface area contributed by atoms with Gasteiger partial charge in [-0.2, -0.15) is 4.98 Å². The number of fused-ring (bicyclic) bond motifs is 1. The van der Waals surface area contributed by atoms with Crippen LogP contribution in [0.15, 0.2) is 27.8 Å².